The number of aryl methyl sites for hydroxylation is 1. The molecule has 2 heteroatoms. The van der Waals surface area contributed by atoms with Crippen LogP contribution in [0.1, 0.15) is 11.1 Å². The third-order valence-electron chi connectivity index (χ3n) is 2.89. The summed E-state index contributed by atoms with van der Waals surface area (Å²) in [5.41, 5.74) is 4.49. The van der Waals surface area contributed by atoms with Gasteiger partial charge in [0.25, 0.3) is 0 Å². The molecule has 0 aliphatic rings. The van der Waals surface area contributed by atoms with E-state index in [1.54, 1.807) is 0 Å². The lowest BCUT2D eigenvalue weighted by molar-refractivity contribution is -0.139. The first-order chi connectivity index (χ1) is 8.69. The second-order valence-electron chi connectivity index (χ2n) is 4.32. The largest absolute Gasteiger partial charge is 0.469 e. The van der Waals surface area contributed by atoms with Crippen molar-refractivity contribution in [3.8, 4) is 11.1 Å². The Morgan fingerprint density at radius 2 is 1.78 bits per heavy atom. The lowest BCUT2D eigenvalue weighted by atomic mass is 10.0. The predicted molar refractivity (Wildman–Crippen MR) is 72.3 cm³/mol. The summed E-state index contributed by atoms with van der Waals surface area (Å²) in [5, 5.41) is 0. The highest BCUT2D eigenvalue weighted by Gasteiger charge is 2.04. The van der Waals surface area contributed by atoms with E-state index in [4.69, 9.17) is 0 Å². The number of rotatable bonds is 3. The second kappa shape index (κ2) is 5.50. The summed E-state index contributed by atoms with van der Waals surface area (Å²) in [6, 6.07) is 16.3. The van der Waals surface area contributed by atoms with Crippen LogP contribution in [0.4, 0.5) is 0 Å². The molecule has 18 heavy (non-hydrogen) atoms. The van der Waals surface area contributed by atoms with Gasteiger partial charge in [0.1, 0.15) is 0 Å². The van der Waals surface area contributed by atoms with Gasteiger partial charge in [-0.25, -0.2) is 0 Å². The lowest BCUT2D eigenvalue weighted by Crippen LogP contribution is -2.04. The average Bonchev–Trinajstić information content (AvgIpc) is 2.40. The topological polar surface area (TPSA) is 26.3 Å². The van der Waals surface area contributed by atoms with E-state index in [1.807, 2.05) is 24.3 Å². The number of hydrogen-bond donors (Lipinski definition) is 0. The SMILES string of the molecule is COC(=O)Cc1cccc(-c2ccc(C)cc2)c1. The van der Waals surface area contributed by atoms with Crippen molar-refractivity contribution in [2.24, 2.45) is 0 Å². The minimum absolute atomic E-state index is 0.212. The first-order valence-corrected chi connectivity index (χ1v) is 5.92. The highest BCUT2D eigenvalue weighted by Crippen LogP contribution is 2.21. The smallest absolute Gasteiger partial charge is 0.309 e. The van der Waals surface area contributed by atoms with E-state index in [-0.39, 0.29) is 5.97 Å². The van der Waals surface area contributed by atoms with Crippen molar-refractivity contribution in [1.82, 2.24) is 0 Å². The molecule has 0 aliphatic heterocycles. The van der Waals surface area contributed by atoms with Crippen molar-refractivity contribution in [3.05, 3.63) is 59.7 Å². The van der Waals surface area contributed by atoms with Crippen LogP contribution in [0.5, 0.6) is 0 Å². The molecule has 92 valence electrons. The Morgan fingerprint density at radius 1 is 1.06 bits per heavy atom. The summed E-state index contributed by atoms with van der Waals surface area (Å²) >= 11 is 0. The molecule has 0 bridgehead atoms. The maximum atomic E-state index is 11.3. The predicted octanol–water partition coefficient (Wildman–Crippen LogP) is 3.38. The Kier molecular flexibility index (Phi) is 3.78. The zero-order valence-corrected chi connectivity index (χ0v) is 10.6. The monoisotopic (exact) mass is 240 g/mol. The van der Waals surface area contributed by atoms with Gasteiger partial charge in [-0.05, 0) is 23.6 Å². The number of methoxy groups -OCH3 is 1. The summed E-state index contributed by atoms with van der Waals surface area (Å²) in [6.07, 6.45) is 0.316. The number of carbonyl (C=O) groups excluding carboxylic acids is 1. The van der Waals surface area contributed by atoms with Crippen molar-refractivity contribution in [1.29, 1.82) is 0 Å². The maximum absolute atomic E-state index is 11.3. The van der Waals surface area contributed by atoms with Crippen molar-refractivity contribution >= 4 is 5.97 Å². The van der Waals surface area contributed by atoms with Gasteiger partial charge in [-0.1, -0.05) is 54.1 Å². The highest BCUT2D eigenvalue weighted by atomic mass is 16.5. The van der Waals surface area contributed by atoms with E-state index in [1.165, 1.54) is 12.7 Å². The Bertz CT molecular complexity index is 541. The van der Waals surface area contributed by atoms with Gasteiger partial charge < -0.3 is 4.74 Å². The molecule has 0 atom stereocenters. The van der Waals surface area contributed by atoms with Gasteiger partial charge in [0.05, 0.1) is 13.5 Å². The Balaban J connectivity index is 2.26. The molecule has 0 radical (unpaired) electrons. The minimum atomic E-state index is -0.212. The summed E-state index contributed by atoms with van der Waals surface area (Å²) < 4.78 is 4.68. The highest BCUT2D eigenvalue weighted by molar-refractivity contribution is 5.73. The Morgan fingerprint density at radius 3 is 2.44 bits per heavy atom. The third kappa shape index (κ3) is 2.98. The zero-order chi connectivity index (χ0) is 13.0. The first kappa shape index (κ1) is 12.4. The summed E-state index contributed by atoms with van der Waals surface area (Å²) in [5.74, 6) is -0.212. The van der Waals surface area contributed by atoms with Crippen molar-refractivity contribution in [2.45, 2.75) is 13.3 Å². The van der Waals surface area contributed by atoms with Crippen LogP contribution in [0.15, 0.2) is 48.5 Å². The molecule has 0 saturated carbocycles. The van der Waals surface area contributed by atoms with Gasteiger partial charge in [-0.15, -0.1) is 0 Å². The fourth-order valence-electron chi connectivity index (χ4n) is 1.85. The molecular formula is C16H16O2. The van der Waals surface area contributed by atoms with Gasteiger partial charge in [0.2, 0.25) is 0 Å². The number of hydrogen-bond acceptors (Lipinski definition) is 2. The van der Waals surface area contributed by atoms with E-state index in [0.29, 0.717) is 6.42 Å². The first-order valence-electron chi connectivity index (χ1n) is 5.92. The molecule has 0 heterocycles. The molecule has 0 saturated heterocycles. The van der Waals surface area contributed by atoms with Crippen LogP contribution in [0.2, 0.25) is 0 Å². The van der Waals surface area contributed by atoms with Crippen molar-refractivity contribution < 1.29 is 9.53 Å². The van der Waals surface area contributed by atoms with E-state index in [9.17, 15) is 4.79 Å². The van der Waals surface area contributed by atoms with E-state index in [0.717, 1.165) is 16.7 Å². The van der Waals surface area contributed by atoms with E-state index >= 15 is 0 Å². The van der Waals surface area contributed by atoms with E-state index < -0.39 is 0 Å². The van der Waals surface area contributed by atoms with Crippen LogP contribution < -0.4 is 0 Å². The van der Waals surface area contributed by atoms with Crippen LogP contribution in [0, 0.1) is 6.92 Å². The molecule has 2 nitrogen and oxygen atoms in total. The van der Waals surface area contributed by atoms with Crippen LogP contribution in [0.3, 0.4) is 0 Å². The van der Waals surface area contributed by atoms with Gasteiger partial charge in [0.15, 0.2) is 0 Å². The maximum Gasteiger partial charge on any atom is 0.309 e. The molecule has 0 unspecified atom stereocenters. The molecule has 2 aromatic carbocycles. The molecular weight excluding hydrogens is 224 g/mol. The molecule has 2 aromatic rings. The number of carbonyl (C=O) groups is 1. The Labute approximate surface area is 107 Å². The van der Waals surface area contributed by atoms with Gasteiger partial charge in [-0.2, -0.15) is 0 Å². The third-order valence-corrected chi connectivity index (χ3v) is 2.89. The fourth-order valence-corrected chi connectivity index (χ4v) is 1.85. The normalized spacial score (nSPS) is 10.1. The lowest BCUT2D eigenvalue weighted by Gasteiger charge is -2.05. The molecule has 0 aromatic heterocycles. The standard InChI is InChI=1S/C16H16O2/c1-12-6-8-14(9-7-12)15-5-3-4-13(10-15)11-16(17)18-2/h3-10H,11H2,1-2H3. The van der Waals surface area contributed by atoms with Gasteiger partial charge >= 0.3 is 5.97 Å². The summed E-state index contributed by atoms with van der Waals surface area (Å²) in [6.45, 7) is 2.07. The number of benzene rings is 2. The summed E-state index contributed by atoms with van der Waals surface area (Å²) in [7, 11) is 1.41. The number of ether oxygens (including phenoxy) is 1. The second-order valence-corrected chi connectivity index (χ2v) is 4.32. The zero-order valence-electron chi connectivity index (χ0n) is 10.6. The van der Waals surface area contributed by atoms with Crippen LogP contribution >= 0.6 is 0 Å². The summed E-state index contributed by atoms with van der Waals surface area (Å²) in [4.78, 5) is 11.3. The molecule has 2 rings (SSSR count). The van der Waals surface area contributed by atoms with Crippen LogP contribution in [-0.2, 0) is 16.0 Å². The van der Waals surface area contributed by atoms with Gasteiger partial charge in [-0.3, -0.25) is 4.79 Å². The van der Waals surface area contributed by atoms with Crippen molar-refractivity contribution in [2.75, 3.05) is 7.11 Å². The molecule has 0 aliphatic carbocycles. The quantitative estimate of drug-likeness (QED) is 0.769. The average molecular weight is 240 g/mol. The molecule has 0 amide bonds. The van der Waals surface area contributed by atoms with Crippen molar-refractivity contribution in [3.63, 3.8) is 0 Å². The van der Waals surface area contributed by atoms with Gasteiger partial charge in [0, 0.05) is 0 Å². The minimum Gasteiger partial charge on any atom is -0.469 e. The molecule has 0 spiro atoms. The number of esters is 1. The van der Waals surface area contributed by atoms with Crippen LogP contribution in [-0.4, -0.2) is 13.1 Å². The van der Waals surface area contributed by atoms with E-state index in [2.05, 4.69) is 35.9 Å². The molecule has 0 N–H and O–H groups in total. The van der Waals surface area contributed by atoms with Crippen LogP contribution in [0.25, 0.3) is 11.1 Å². The molecule has 0 fully saturated rings. The Hall–Kier alpha value is -2.09. The fraction of sp³-hybridized carbons (Fsp3) is 0.188.